The maximum atomic E-state index is 12.4. The number of aryl methyl sites for hydroxylation is 1. The van der Waals surface area contributed by atoms with Crippen LogP contribution in [0, 0.1) is 6.92 Å². The Labute approximate surface area is 105 Å². The smallest absolute Gasteiger partial charge is 0.247 e. The highest BCUT2D eigenvalue weighted by atomic mass is 16.5. The molecule has 4 heteroatoms. The predicted octanol–water partition coefficient (Wildman–Crippen LogP) is 2.22. The molecule has 3 rings (SSSR count). The lowest BCUT2D eigenvalue weighted by Crippen LogP contribution is -2.22. The summed E-state index contributed by atoms with van der Waals surface area (Å²) < 4.78 is 5.60. The lowest BCUT2D eigenvalue weighted by Gasteiger charge is -2.18. The van der Waals surface area contributed by atoms with Crippen LogP contribution in [0.5, 0.6) is 0 Å². The van der Waals surface area contributed by atoms with E-state index in [4.69, 9.17) is 4.74 Å². The third-order valence-corrected chi connectivity index (χ3v) is 3.34. The summed E-state index contributed by atoms with van der Waals surface area (Å²) in [7, 11) is 0. The molecule has 0 saturated heterocycles. The number of hydrogen-bond acceptors (Lipinski definition) is 4. The van der Waals surface area contributed by atoms with Crippen molar-refractivity contribution in [1.29, 1.82) is 0 Å². The largest absolute Gasteiger partial charge is 0.483 e. The molecule has 1 aromatic rings. The molecular weight excluding hydrogens is 230 g/mol. The highest BCUT2D eigenvalue weighted by Crippen LogP contribution is 2.40. The van der Waals surface area contributed by atoms with Crippen LogP contribution in [0.25, 0.3) is 0 Å². The molecule has 0 saturated carbocycles. The molecule has 0 aromatic carbocycles. The number of nitrogens with zero attached hydrogens (tertiary/aromatic N) is 1. The van der Waals surface area contributed by atoms with E-state index in [0.717, 1.165) is 5.56 Å². The molecule has 0 amide bonds. The Hall–Kier alpha value is -1.97. The summed E-state index contributed by atoms with van der Waals surface area (Å²) in [4.78, 5) is 28.7. The van der Waals surface area contributed by atoms with Crippen molar-refractivity contribution in [1.82, 2.24) is 4.98 Å². The van der Waals surface area contributed by atoms with Gasteiger partial charge in [-0.1, -0.05) is 0 Å². The van der Waals surface area contributed by atoms with Crippen molar-refractivity contribution in [2.75, 3.05) is 0 Å². The summed E-state index contributed by atoms with van der Waals surface area (Å²) in [6, 6.07) is 1.75. The molecule has 1 aliphatic heterocycles. The number of rotatable bonds is 0. The monoisotopic (exact) mass is 243 g/mol. The minimum Gasteiger partial charge on any atom is -0.483 e. The van der Waals surface area contributed by atoms with E-state index in [1.807, 2.05) is 20.8 Å². The SMILES string of the molecule is Cc1ccnc2c1C(=O)C1=C(OC(C)(C)C1)C2=O. The van der Waals surface area contributed by atoms with E-state index in [-0.39, 0.29) is 23.0 Å². The summed E-state index contributed by atoms with van der Waals surface area (Å²) in [5.74, 6) is -0.194. The van der Waals surface area contributed by atoms with Crippen LogP contribution in [0.2, 0.25) is 0 Å². The number of fused-ring (bicyclic) bond motifs is 1. The van der Waals surface area contributed by atoms with Crippen molar-refractivity contribution < 1.29 is 14.3 Å². The predicted molar refractivity (Wildman–Crippen MR) is 64.4 cm³/mol. The van der Waals surface area contributed by atoms with Crippen molar-refractivity contribution in [3.63, 3.8) is 0 Å². The van der Waals surface area contributed by atoms with Crippen LogP contribution in [0.4, 0.5) is 0 Å². The van der Waals surface area contributed by atoms with Crippen LogP contribution in [0.3, 0.4) is 0 Å². The van der Waals surface area contributed by atoms with Crippen LogP contribution in [0.15, 0.2) is 23.6 Å². The zero-order valence-electron chi connectivity index (χ0n) is 10.5. The van der Waals surface area contributed by atoms with Gasteiger partial charge in [-0.25, -0.2) is 0 Å². The van der Waals surface area contributed by atoms with Crippen molar-refractivity contribution in [2.45, 2.75) is 32.8 Å². The van der Waals surface area contributed by atoms with Crippen molar-refractivity contribution in [3.05, 3.63) is 40.4 Å². The van der Waals surface area contributed by atoms with Crippen LogP contribution in [0.1, 0.15) is 46.7 Å². The van der Waals surface area contributed by atoms with Crippen LogP contribution in [-0.4, -0.2) is 22.2 Å². The third-order valence-electron chi connectivity index (χ3n) is 3.34. The van der Waals surface area contributed by atoms with Gasteiger partial charge in [0.05, 0.1) is 11.1 Å². The Kier molecular flexibility index (Phi) is 2.03. The van der Waals surface area contributed by atoms with Crippen molar-refractivity contribution in [2.24, 2.45) is 0 Å². The number of carbonyl (C=O) groups is 2. The van der Waals surface area contributed by atoms with Gasteiger partial charge in [0.1, 0.15) is 11.3 Å². The van der Waals surface area contributed by atoms with Crippen LogP contribution < -0.4 is 0 Å². The number of aromatic nitrogens is 1. The van der Waals surface area contributed by atoms with E-state index in [1.165, 1.54) is 0 Å². The van der Waals surface area contributed by atoms with E-state index in [1.54, 1.807) is 12.3 Å². The molecule has 1 aromatic heterocycles. The molecule has 2 aliphatic rings. The Morgan fingerprint density at radius 3 is 2.72 bits per heavy atom. The van der Waals surface area contributed by atoms with Gasteiger partial charge in [0.25, 0.3) is 0 Å². The molecule has 4 nitrogen and oxygen atoms in total. The molecule has 0 unspecified atom stereocenters. The Balaban J connectivity index is 2.21. The number of pyridine rings is 1. The number of carbonyl (C=O) groups excluding carboxylic acids is 2. The van der Waals surface area contributed by atoms with Gasteiger partial charge in [0.15, 0.2) is 11.5 Å². The molecule has 0 fully saturated rings. The highest BCUT2D eigenvalue weighted by Gasteiger charge is 2.44. The van der Waals surface area contributed by atoms with Crippen molar-refractivity contribution >= 4 is 11.6 Å². The van der Waals surface area contributed by atoms with E-state index >= 15 is 0 Å². The van der Waals surface area contributed by atoms with Gasteiger partial charge in [-0.2, -0.15) is 0 Å². The molecule has 0 N–H and O–H groups in total. The van der Waals surface area contributed by atoms with Gasteiger partial charge in [-0.05, 0) is 32.4 Å². The van der Waals surface area contributed by atoms with Crippen LogP contribution in [-0.2, 0) is 4.74 Å². The fourth-order valence-corrected chi connectivity index (χ4v) is 2.52. The second kappa shape index (κ2) is 3.28. The second-order valence-corrected chi connectivity index (χ2v) is 5.36. The summed E-state index contributed by atoms with van der Waals surface area (Å²) in [5.41, 5.74) is 1.44. The number of allylic oxidation sites excluding steroid dienone is 1. The molecule has 1 aliphatic carbocycles. The number of ether oxygens (including phenoxy) is 1. The molecule has 0 spiro atoms. The lowest BCUT2D eigenvalue weighted by atomic mass is 9.86. The first-order valence-corrected chi connectivity index (χ1v) is 5.88. The molecule has 2 heterocycles. The molecule has 0 atom stereocenters. The summed E-state index contributed by atoms with van der Waals surface area (Å²) in [6.45, 7) is 5.56. The van der Waals surface area contributed by atoms with E-state index < -0.39 is 5.60 Å². The standard InChI is InChI=1S/C14H13NO3/c1-7-4-5-15-10-9(7)11(16)8-6-14(2,3)18-13(8)12(10)17/h4-5H,6H2,1-3H3. The van der Waals surface area contributed by atoms with Gasteiger partial charge in [0, 0.05) is 12.6 Å². The highest BCUT2D eigenvalue weighted by molar-refractivity contribution is 6.26. The average Bonchev–Trinajstić information content (AvgIpc) is 2.62. The van der Waals surface area contributed by atoms with Gasteiger partial charge in [-0.3, -0.25) is 14.6 Å². The van der Waals surface area contributed by atoms with Gasteiger partial charge >= 0.3 is 0 Å². The number of hydrogen-bond donors (Lipinski definition) is 0. The first kappa shape index (κ1) is 11.1. The summed E-state index contributed by atoms with van der Waals surface area (Å²) in [6.07, 6.45) is 2.02. The van der Waals surface area contributed by atoms with Crippen LogP contribution >= 0.6 is 0 Å². The summed E-state index contributed by atoms with van der Waals surface area (Å²) >= 11 is 0. The lowest BCUT2D eigenvalue weighted by molar-refractivity contribution is 0.0507. The Bertz CT molecular complexity index is 626. The van der Waals surface area contributed by atoms with E-state index in [2.05, 4.69) is 4.98 Å². The number of ketones is 2. The first-order valence-electron chi connectivity index (χ1n) is 5.88. The number of Topliss-reactive ketones (excluding diaryl/α,β-unsaturated/α-hetero) is 2. The fourth-order valence-electron chi connectivity index (χ4n) is 2.52. The van der Waals surface area contributed by atoms with E-state index in [9.17, 15) is 9.59 Å². The topological polar surface area (TPSA) is 56.3 Å². The Morgan fingerprint density at radius 1 is 1.28 bits per heavy atom. The van der Waals surface area contributed by atoms with Gasteiger partial charge in [-0.15, -0.1) is 0 Å². The average molecular weight is 243 g/mol. The second-order valence-electron chi connectivity index (χ2n) is 5.36. The minimum absolute atomic E-state index is 0.115. The minimum atomic E-state index is -0.494. The molecular formula is C14H13NO3. The Morgan fingerprint density at radius 2 is 2.00 bits per heavy atom. The fraction of sp³-hybridized carbons (Fsp3) is 0.357. The van der Waals surface area contributed by atoms with Gasteiger partial charge in [0.2, 0.25) is 5.78 Å². The van der Waals surface area contributed by atoms with Crippen molar-refractivity contribution in [3.8, 4) is 0 Å². The van der Waals surface area contributed by atoms with Gasteiger partial charge < -0.3 is 4.74 Å². The zero-order chi connectivity index (χ0) is 13.1. The zero-order valence-corrected chi connectivity index (χ0v) is 10.5. The molecule has 92 valence electrons. The first-order chi connectivity index (χ1) is 8.41. The molecule has 18 heavy (non-hydrogen) atoms. The maximum Gasteiger partial charge on any atom is 0.247 e. The van der Waals surface area contributed by atoms with E-state index in [0.29, 0.717) is 17.6 Å². The third kappa shape index (κ3) is 1.35. The molecule has 0 bridgehead atoms. The maximum absolute atomic E-state index is 12.4. The normalized spacial score (nSPS) is 20.6. The summed E-state index contributed by atoms with van der Waals surface area (Å²) in [5, 5.41) is 0. The molecule has 0 radical (unpaired) electrons. The quantitative estimate of drug-likeness (QED) is 0.701.